The quantitative estimate of drug-likeness (QED) is 0.246. The predicted octanol–water partition coefficient (Wildman–Crippen LogP) is 3.83. The number of pyridine rings is 2. The van der Waals surface area contributed by atoms with E-state index in [0.717, 1.165) is 0 Å². The number of benzene rings is 1. The third kappa shape index (κ3) is 8.32. The third-order valence-electron chi connectivity index (χ3n) is 6.47. The lowest BCUT2D eigenvalue weighted by molar-refractivity contribution is 0.0566. The number of amides is 2. The number of aromatic nitrogens is 2. The summed E-state index contributed by atoms with van der Waals surface area (Å²) in [4.78, 5) is 38.2. The Hall–Kier alpha value is -4.04. The fraction of sp³-hybridized carbons (Fsp3) is 0.400. The lowest BCUT2D eigenvalue weighted by Gasteiger charge is -2.32. The van der Waals surface area contributed by atoms with Gasteiger partial charge in [-0.1, -0.05) is 11.6 Å². The van der Waals surface area contributed by atoms with Gasteiger partial charge >= 0.3 is 6.09 Å². The van der Waals surface area contributed by atoms with Gasteiger partial charge in [0.15, 0.2) is 11.6 Å². The van der Waals surface area contributed by atoms with Crippen LogP contribution in [-0.4, -0.2) is 95.2 Å². The summed E-state index contributed by atoms with van der Waals surface area (Å²) in [5, 5.41) is 24.8. The molecule has 236 valence electrons. The van der Waals surface area contributed by atoms with Crippen molar-refractivity contribution in [2.45, 2.75) is 26.4 Å². The molecule has 0 unspecified atom stereocenters. The fourth-order valence-electron chi connectivity index (χ4n) is 4.48. The van der Waals surface area contributed by atoms with Gasteiger partial charge in [0.05, 0.1) is 42.4 Å². The molecule has 44 heavy (non-hydrogen) atoms. The highest BCUT2D eigenvalue weighted by Crippen LogP contribution is 2.42. The van der Waals surface area contributed by atoms with Crippen LogP contribution in [0.5, 0.6) is 5.75 Å². The number of carbonyl (C=O) groups is 2. The van der Waals surface area contributed by atoms with Gasteiger partial charge in [-0.05, 0) is 51.1 Å². The van der Waals surface area contributed by atoms with Crippen molar-refractivity contribution >= 4 is 40.8 Å². The number of hydrogen-bond donors (Lipinski definition) is 4. The highest BCUT2D eigenvalue weighted by molar-refractivity contribution is 6.30. The molecule has 0 aliphatic carbocycles. The number of hydrogen-bond acceptors (Lipinski definition) is 10. The van der Waals surface area contributed by atoms with Gasteiger partial charge in [0.2, 0.25) is 0 Å². The Labute approximate surface area is 259 Å². The molecule has 0 atom stereocenters. The summed E-state index contributed by atoms with van der Waals surface area (Å²) in [6.45, 7) is 6.76. The first-order valence-corrected chi connectivity index (χ1v) is 14.5. The topological polar surface area (TPSA) is 149 Å². The minimum absolute atomic E-state index is 0.0740. The van der Waals surface area contributed by atoms with Crippen LogP contribution < -0.4 is 20.3 Å². The van der Waals surface area contributed by atoms with Gasteiger partial charge in [0.1, 0.15) is 18.0 Å². The van der Waals surface area contributed by atoms with Gasteiger partial charge in [0.25, 0.3) is 5.91 Å². The molecule has 1 aliphatic rings. The molecule has 3 heterocycles. The Balaban J connectivity index is 1.71. The van der Waals surface area contributed by atoms with Crippen molar-refractivity contribution in [1.29, 1.82) is 0 Å². The summed E-state index contributed by atoms with van der Waals surface area (Å²) in [6.07, 6.45) is 2.25. The number of anilines is 3. The summed E-state index contributed by atoms with van der Waals surface area (Å²) in [7, 11) is 0. The van der Waals surface area contributed by atoms with Crippen molar-refractivity contribution in [1.82, 2.24) is 20.2 Å². The molecule has 0 saturated heterocycles. The molecule has 12 nitrogen and oxygen atoms in total. The molecule has 4 N–H and O–H groups in total. The predicted molar refractivity (Wildman–Crippen MR) is 164 cm³/mol. The molecule has 2 amide bonds. The smallest absolute Gasteiger partial charge is 0.416 e. The Kier molecular flexibility index (Phi) is 10.9. The normalized spacial score (nSPS) is 12.9. The zero-order valence-corrected chi connectivity index (χ0v) is 25.5. The van der Waals surface area contributed by atoms with E-state index in [1.54, 1.807) is 32.9 Å². The van der Waals surface area contributed by atoms with E-state index in [0.29, 0.717) is 36.0 Å². The third-order valence-corrected chi connectivity index (χ3v) is 6.71. The zero-order chi connectivity index (χ0) is 31.9. The molecule has 2 aromatic heterocycles. The van der Waals surface area contributed by atoms with Gasteiger partial charge in [-0.2, -0.15) is 0 Å². The summed E-state index contributed by atoms with van der Waals surface area (Å²) in [5.74, 6) is -0.680. The summed E-state index contributed by atoms with van der Waals surface area (Å²) < 4.78 is 26.6. The molecular weight excluding hydrogens is 595 g/mol. The number of carbonyl (C=O) groups excluding carboxylic acids is 2. The van der Waals surface area contributed by atoms with E-state index in [2.05, 4.69) is 20.6 Å². The van der Waals surface area contributed by atoms with Crippen LogP contribution in [0.2, 0.25) is 5.02 Å². The van der Waals surface area contributed by atoms with Crippen LogP contribution in [0.25, 0.3) is 11.3 Å². The number of rotatable bonds is 11. The highest BCUT2D eigenvalue weighted by atomic mass is 35.5. The SMILES string of the molecule is CC(C)(C)OC(=O)N1CCOc2c(Nc3ccncc3C(=O)NCCN(CCO)CCO)cc(-c3cc(Cl)ccc3F)nc21. The standard InChI is InChI=1S/C30H36ClFN6O6/c1-30(2,3)44-29(42)38-12-15-43-26-25(17-24(36-27(26)38)20-16-19(31)4-5-22(20)32)35-23-6-7-33-18-21(23)28(41)34-8-9-37(10-13-39)11-14-40/h4-7,16-18,39-40H,8-15H2,1-3H3,(H,34,41)(H,33,35,36). The number of nitrogens with zero attached hydrogens (tertiary/aromatic N) is 4. The summed E-state index contributed by atoms with van der Waals surface area (Å²) >= 11 is 6.18. The number of fused-ring (bicyclic) bond motifs is 1. The highest BCUT2D eigenvalue weighted by Gasteiger charge is 2.32. The molecule has 0 bridgehead atoms. The number of aliphatic hydroxyl groups is 2. The van der Waals surface area contributed by atoms with Gasteiger partial charge in [-0.3, -0.25) is 19.6 Å². The van der Waals surface area contributed by atoms with Gasteiger partial charge in [0, 0.05) is 49.2 Å². The minimum Gasteiger partial charge on any atom is -0.486 e. The van der Waals surface area contributed by atoms with Crippen molar-refractivity contribution in [2.75, 3.05) is 62.8 Å². The molecule has 1 aliphatic heterocycles. The second-order valence-corrected chi connectivity index (χ2v) is 11.3. The van der Waals surface area contributed by atoms with Crippen molar-refractivity contribution in [3.63, 3.8) is 0 Å². The Morgan fingerprint density at radius 2 is 1.89 bits per heavy atom. The molecule has 0 spiro atoms. The van der Waals surface area contributed by atoms with Crippen LogP contribution in [0, 0.1) is 5.82 Å². The summed E-state index contributed by atoms with van der Waals surface area (Å²) in [6, 6.07) is 7.22. The monoisotopic (exact) mass is 630 g/mol. The van der Waals surface area contributed by atoms with Crippen molar-refractivity contribution in [2.24, 2.45) is 0 Å². The average Bonchev–Trinajstić information content (AvgIpc) is 2.97. The maximum Gasteiger partial charge on any atom is 0.416 e. The number of aliphatic hydroxyl groups excluding tert-OH is 2. The van der Waals surface area contributed by atoms with Crippen molar-refractivity contribution in [3.8, 4) is 17.0 Å². The van der Waals surface area contributed by atoms with E-state index < -0.39 is 23.4 Å². The first kappa shape index (κ1) is 32.9. The molecule has 14 heteroatoms. The number of ether oxygens (including phenoxy) is 2. The molecule has 0 fully saturated rings. The van der Waals surface area contributed by atoms with E-state index in [1.807, 2.05) is 4.90 Å². The van der Waals surface area contributed by atoms with Crippen LogP contribution >= 0.6 is 11.6 Å². The largest absolute Gasteiger partial charge is 0.486 e. The molecule has 1 aromatic carbocycles. The Morgan fingerprint density at radius 1 is 1.14 bits per heavy atom. The first-order chi connectivity index (χ1) is 21.0. The van der Waals surface area contributed by atoms with Gasteiger partial charge in [-0.15, -0.1) is 0 Å². The van der Waals surface area contributed by atoms with Crippen LogP contribution in [0.4, 0.5) is 26.4 Å². The van der Waals surface area contributed by atoms with Crippen molar-refractivity contribution < 1.29 is 33.7 Å². The van der Waals surface area contributed by atoms with Crippen LogP contribution in [0.1, 0.15) is 31.1 Å². The van der Waals surface area contributed by atoms with Gasteiger partial charge in [-0.25, -0.2) is 14.2 Å². The molecule has 0 radical (unpaired) electrons. The Morgan fingerprint density at radius 3 is 2.59 bits per heavy atom. The van der Waals surface area contributed by atoms with Crippen LogP contribution in [0.3, 0.4) is 0 Å². The van der Waals surface area contributed by atoms with E-state index >= 15 is 4.39 Å². The van der Waals surface area contributed by atoms with Gasteiger partial charge < -0.3 is 30.3 Å². The second-order valence-electron chi connectivity index (χ2n) is 10.9. The van der Waals surface area contributed by atoms with Crippen LogP contribution in [-0.2, 0) is 4.74 Å². The molecule has 0 saturated carbocycles. The second kappa shape index (κ2) is 14.6. The Bertz CT molecular complexity index is 1480. The lowest BCUT2D eigenvalue weighted by atomic mass is 10.1. The van der Waals surface area contributed by atoms with E-state index in [1.165, 1.54) is 35.5 Å². The van der Waals surface area contributed by atoms with E-state index in [4.69, 9.17) is 21.1 Å². The van der Waals surface area contributed by atoms with Crippen LogP contribution in [0.15, 0.2) is 42.7 Å². The fourth-order valence-corrected chi connectivity index (χ4v) is 4.65. The zero-order valence-electron chi connectivity index (χ0n) is 24.8. The maximum absolute atomic E-state index is 15.0. The lowest BCUT2D eigenvalue weighted by Crippen LogP contribution is -2.42. The summed E-state index contributed by atoms with van der Waals surface area (Å²) in [5.41, 5.74) is 0.377. The molecule has 3 aromatic rings. The average molecular weight is 631 g/mol. The molecule has 4 rings (SSSR count). The van der Waals surface area contributed by atoms with E-state index in [9.17, 15) is 19.8 Å². The van der Waals surface area contributed by atoms with Crippen molar-refractivity contribution in [3.05, 3.63) is 59.1 Å². The minimum atomic E-state index is -0.778. The van der Waals surface area contributed by atoms with E-state index in [-0.39, 0.29) is 61.3 Å². The number of nitrogens with one attached hydrogen (secondary N) is 2. The maximum atomic E-state index is 15.0. The first-order valence-electron chi connectivity index (χ1n) is 14.1. The number of halogens is 2. The molecular formula is C30H36ClFN6O6.